The summed E-state index contributed by atoms with van der Waals surface area (Å²) in [7, 11) is 0. The third kappa shape index (κ3) is 1.49. The van der Waals surface area contributed by atoms with Crippen LogP contribution in [0.4, 0.5) is 0 Å². The van der Waals surface area contributed by atoms with E-state index < -0.39 is 0 Å². The minimum Gasteiger partial charge on any atom is -0.333 e. The standard InChI is InChI=1S/C9H15NO2/c1-6-4-5-10(8(3)12)9(6)7(2)11/h6,9H,4-5H2,1-3H3/t6-,9?/m1/s1. The lowest BCUT2D eigenvalue weighted by Crippen LogP contribution is -2.40. The Morgan fingerprint density at radius 3 is 2.25 bits per heavy atom. The van der Waals surface area contributed by atoms with E-state index in [1.165, 1.54) is 6.92 Å². The maximum Gasteiger partial charge on any atom is 0.220 e. The molecule has 0 radical (unpaired) electrons. The van der Waals surface area contributed by atoms with Gasteiger partial charge in [0.25, 0.3) is 0 Å². The molecule has 0 aromatic heterocycles. The van der Waals surface area contributed by atoms with Gasteiger partial charge in [0.05, 0.1) is 6.04 Å². The Bertz CT molecular complexity index is 213. The highest BCUT2D eigenvalue weighted by atomic mass is 16.2. The van der Waals surface area contributed by atoms with Gasteiger partial charge in [0.2, 0.25) is 5.91 Å². The summed E-state index contributed by atoms with van der Waals surface area (Å²) in [4.78, 5) is 23.9. The van der Waals surface area contributed by atoms with Gasteiger partial charge in [-0.2, -0.15) is 0 Å². The van der Waals surface area contributed by atoms with Crippen LogP contribution in [0.15, 0.2) is 0 Å². The molecule has 1 heterocycles. The molecule has 12 heavy (non-hydrogen) atoms. The summed E-state index contributed by atoms with van der Waals surface area (Å²) >= 11 is 0. The van der Waals surface area contributed by atoms with Crippen LogP contribution < -0.4 is 0 Å². The second-order valence-corrected chi connectivity index (χ2v) is 3.53. The Hall–Kier alpha value is -0.860. The molecule has 1 aliphatic heterocycles. The number of hydrogen-bond donors (Lipinski definition) is 0. The van der Waals surface area contributed by atoms with Gasteiger partial charge in [0.15, 0.2) is 5.78 Å². The van der Waals surface area contributed by atoms with Crippen LogP contribution in [0.2, 0.25) is 0 Å². The summed E-state index contributed by atoms with van der Waals surface area (Å²) in [6.45, 7) is 5.84. The number of hydrogen-bond acceptors (Lipinski definition) is 2. The zero-order chi connectivity index (χ0) is 9.30. The molecule has 0 bridgehead atoms. The first-order valence-corrected chi connectivity index (χ1v) is 4.31. The molecule has 3 nitrogen and oxygen atoms in total. The summed E-state index contributed by atoms with van der Waals surface area (Å²) in [5, 5.41) is 0. The summed E-state index contributed by atoms with van der Waals surface area (Å²) < 4.78 is 0. The van der Waals surface area contributed by atoms with Crippen molar-refractivity contribution < 1.29 is 9.59 Å². The molecule has 0 spiro atoms. The summed E-state index contributed by atoms with van der Waals surface area (Å²) in [5.74, 6) is 0.446. The van der Waals surface area contributed by atoms with Crippen LogP contribution in [0.25, 0.3) is 0 Å². The molecule has 1 unspecified atom stereocenters. The SMILES string of the molecule is CC(=O)C1[C@H](C)CCN1C(C)=O. The van der Waals surface area contributed by atoms with E-state index in [2.05, 4.69) is 0 Å². The molecule has 0 N–H and O–H groups in total. The van der Waals surface area contributed by atoms with Gasteiger partial charge in [0.1, 0.15) is 0 Å². The first kappa shape index (κ1) is 9.23. The number of likely N-dealkylation sites (tertiary alicyclic amines) is 1. The van der Waals surface area contributed by atoms with Crippen molar-refractivity contribution in [2.45, 2.75) is 33.2 Å². The molecular weight excluding hydrogens is 154 g/mol. The predicted molar refractivity (Wildman–Crippen MR) is 45.6 cm³/mol. The third-order valence-electron chi connectivity index (χ3n) is 2.52. The number of carbonyl (C=O) groups is 2. The van der Waals surface area contributed by atoms with E-state index >= 15 is 0 Å². The second kappa shape index (κ2) is 3.25. The van der Waals surface area contributed by atoms with E-state index in [0.29, 0.717) is 5.92 Å². The second-order valence-electron chi connectivity index (χ2n) is 3.53. The topological polar surface area (TPSA) is 37.4 Å². The van der Waals surface area contributed by atoms with Gasteiger partial charge < -0.3 is 4.90 Å². The van der Waals surface area contributed by atoms with Crippen molar-refractivity contribution in [1.29, 1.82) is 0 Å². The highest BCUT2D eigenvalue weighted by Gasteiger charge is 2.35. The zero-order valence-electron chi connectivity index (χ0n) is 7.83. The van der Waals surface area contributed by atoms with Crippen molar-refractivity contribution in [2.24, 2.45) is 5.92 Å². The number of Topliss-reactive ketones (excluding diaryl/α,β-unsaturated/α-hetero) is 1. The Morgan fingerprint density at radius 2 is 1.92 bits per heavy atom. The lowest BCUT2D eigenvalue weighted by molar-refractivity contribution is -0.135. The minimum absolute atomic E-state index is 0.0135. The molecule has 1 rings (SSSR count). The average Bonchev–Trinajstić information content (AvgIpc) is 2.30. The largest absolute Gasteiger partial charge is 0.333 e. The van der Waals surface area contributed by atoms with E-state index in [4.69, 9.17) is 0 Å². The van der Waals surface area contributed by atoms with Crippen molar-refractivity contribution in [3.63, 3.8) is 0 Å². The summed E-state index contributed by atoms with van der Waals surface area (Å²) in [6, 6.07) is -0.164. The highest BCUT2D eigenvalue weighted by molar-refractivity contribution is 5.87. The van der Waals surface area contributed by atoms with Crippen molar-refractivity contribution in [1.82, 2.24) is 4.90 Å². The fourth-order valence-corrected chi connectivity index (χ4v) is 1.92. The van der Waals surface area contributed by atoms with Crippen molar-refractivity contribution in [2.75, 3.05) is 6.54 Å². The van der Waals surface area contributed by atoms with Crippen LogP contribution in [0.1, 0.15) is 27.2 Å². The molecule has 0 saturated carbocycles. The molecular formula is C9H15NO2. The summed E-state index contributed by atoms with van der Waals surface area (Å²) in [6.07, 6.45) is 0.948. The van der Waals surface area contributed by atoms with Crippen LogP contribution in [0.5, 0.6) is 0 Å². The third-order valence-corrected chi connectivity index (χ3v) is 2.52. The van der Waals surface area contributed by atoms with E-state index in [9.17, 15) is 9.59 Å². The molecule has 0 aliphatic carbocycles. The number of ketones is 1. The van der Waals surface area contributed by atoms with Crippen molar-refractivity contribution >= 4 is 11.7 Å². The number of nitrogens with zero attached hydrogens (tertiary/aromatic N) is 1. The predicted octanol–water partition coefficient (Wildman–Crippen LogP) is 0.832. The van der Waals surface area contributed by atoms with Gasteiger partial charge >= 0.3 is 0 Å². The quantitative estimate of drug-likeness (QED) is 0.583. The molecule has 1 saturated heterocycles. The Balaban J connectivity index is 2.77. The van der Waals surface area contributed by atoms with Crippen LogP contribution in [-0.4, -0.2) is 29.2 Å². The average molecular weight is 169 g/mol. The maximum absolute atomic E-state index is 11.2. The molecule has 0 aromatic rings. The number of amides is 1. The van der Waals surface area contributed by atoms with Gasteiger partial charge in [-0.25, -0.2) is 0 Å². The normalized spacial score (nSPS) is 29.1. The molecule has 2 atom stereocenters. The lowest BCUT2D eigenvalue weighted by Gasteiger charge is -2.22. The smallest absolute Gasteiger partial charge is 0.220 e. The lowest BCUT2D eigenvalue weighted by atomic mass is 10.00. The Labute approximate surface area is 72.7 Å². The first-order valence-electron chi connectivity index (χ1n) is 4.31. The summed E-state index contributed by atoms with van der Waals surface area (Å²) in [5.41, 5.74) is 0. The van der Waals surface area contributed by atoms with E-state index in [1.54, 1.807) is 11.8 Å². The minimum atomic E-state index is -0.164. The number of carbonyl (C=O) groups excluding carboxylic acids is 2. The van der Waals surface area contributed by atoms with Crippen LogP contribution >= 0.6 is 0 Å². The van der Waals surface area contributed by atoms with Gasteiger partial charge in [-0.1, -0.05) is 6.92 Å². The van der Waals surface area contributed by atoms with Gasteiger partial charge in [-0.05, 0) is 19.3 Å². The molecule has 1 fully saturated rings. The van der Waals surface area contributed by atoms with E-state index in [0.717, 1.165) is 13.0 Å². The van der Waals surface area contributed by atoms with E-state index in [-0.39, 0.29) is 17.7 Å². The molecule has 3 heteroatoms. The van der Waals surface area contributed by atoms with Crippen LogP contribution in [-0.2, 0) is 9.59 Å². The van der Waals surface area contributed by atoms with Gasteiger partial charge in [-0.15, -0.1) is 0 Å². The molecule has 1 aliphatic rings. The Morgan fingerprint density at radius 1 is 1.33 bits per heavy atom. The Kier molecular flexibility index (Phi) is 2.50. The fourth-order valence-electron chi connectivity index (χ4n) is 1.92. The first-order chi connectivity index (χ1) is 5.54. The van der Waals surface area contributed by atoms with Gasteiger partial charge in [0, 0.05) is 13.5 Å². The number of rotatable bonds is 1. The van der Waals surface area contributed by atoms with Crippen LogP contribution in [0, 0.1) is 5.92 Å². The van der Waals surface area contributed by atoms with Crippen molar-refractivity contribution in [3.05, 3.63) is 0 Å². The monoisotopic (exact) mass is 169 g/mol. The van der Waals surface area contributed by atoms with Crippen molar-refractivity contribution in [3.8, 4) is 0 Å². The van der Waals surface area contributed by atoms with E-state index in [1.807, 2.05) is 6.92 Å². The fraction of sp³-hybridized carbons (Fsp3) is 0.778. The molecule has 0 aromatic carbocycles. The zero-order valence-corrected chi connectivity index (χ0v) is 7.83. The maximum atomic E-state index is 11.2. The highest BCUT2D eigenvalue weighted by Crippen LogP contribution is 2.24. The van der Waals surface area contributed by atoms with Gasteiger partial charge in [-0.3, -0.25) is 9.59 Å². The molecule has 1 amide bonds. The molecule has 68 valence electrons. The van der Waals surface area contributed by atoms with Crippen LogP contribution in [0.3, 0.4) is 0 Å².